The van der Waals surface area contributed by atoms with Crippen molar-refractivity contribution in [2.45, 2.75) is 23.5 Å². The second-order valence-electron chi connectivity index (χ2n) is 3.83. The molecule has 15 heavy (non-hydrogen) atoms. The van der Waals surface area contributed by atoms with E-state index in [-0.39, 0.29) is 5.63 Å². The quantitative estimate of drug-likeness (QED) is 0.637. The van der Waals surface area contributed by atoms with E-state index in [1.165, 1.54) is 0 Å². The molecule has 3 rings (SSSR count). The maximum Gasteiger partial charge on any atom is 0.340 e. The summed E-state index contributed by atoms with van der Waals surface area (Å²) >= 11 is 1.77. The monoisotopic (exact) mass is 218 g/mol. The maximum absolute atomic E-state index is 11.7. The van der Waals surface area contributed by atoms with Crippen LogP contribution in [0.15, 0.2) is 38.4 Å². The minimum atomic E-state index is -0.166. The molecule has 0 N–H and O–H groups in total. The lowest BCUT2D eigenvalue weighted by molar-refractivity contribution is 0.546. The summed E-state index contributed by atoms with van der Waals surface area (Å²) in [4.78, 5) is 12.8. The zero-order valence-corrected chi connectivity index (χ0v) is 9.14. The minimum absolute atomic E-state index is 0.166. The highest BCUT2D eigenvalue weighted by molar-refractivity contribution is 8.00. The summed E-state index contributed by atoms with van der Waals surface area (Å²) < 4.78 is 5.28. The van der Waals surface area contributed by atoms with Crippen LogP contribution >= 0.6 is 11.8 Å². The molecule has 3 heteroatoms. The van der Waals surface area contributed by atoms with Gasteiger partial charge in [0.2, 0.25) is 0 Å². The van der Waals surface area contributed by atoms with Gasteiger partial charge in [-0.15, -0.1) is 11.8 Å². The molecule has 0 bridgehead atoms. The molecule has 0 amide bonds. The van der Waals surface area contributed by atoms with E-state index in [0.717, 1.165) is 22.3 Å². The Morgan fingerprint density at radius 1 is 1.40 bits per heavy atom. The van der Waals surface area contributed by atoms with Gasteiger partial charge in [0, 0.05) is 15.5 Å². The maximum atomic E-state index is 11.7. The number of hydrogen-bond acceptors (Lipinski definition) is 3. The molecule has 0 saturated heterocycles. The minimum Gasteiger partial charge on any atom is -0.422 e. The molecule has 1 unspecified atom stereocenters. The topological polar surface area (TPSA) is 30.2 Å². The van der Waals surface area contributed by atoms with Gasteiger partial charge >= 0.3 is 5.63 Å². The summed E-state index contributed by atoms with van der Waals surface area (Å²) in [5.74, 6) is 0. The van der Waals surface area contributed by atoms with Crippen LogP contribution in [0.5, 0.6) is 0 Å². The van der Waals surface area contributed by atoms with Gasteiger partial charge in [0.1, 0.15) is 5.58 Å². The number of thioether (sulfide) groups is 1. The standard InChI is InChI=1S/C12H10O2S/c1-7-6-9-11(15-7)8-4-2-3-5-10(8)14-12(9)13/h2-5,7H,6H2,1H3. The molecular formula is C12H10O2S. The Morgan fingerprint density at radius 2 is 2.20 bits per heavy atom. The van der Waals surface area contributed by atoms with Crippen molar-refractivity contribution in [2.24, 2.45) is 0 Å². The van der Waals surface area contributed by atoms with Crippen LogP contribution in [-0.4, -0.2) is 5.25 Å². The summed E-state index contributed by atoms with van der Waals surface area (Å²) in [5, 5.41) is 1.55. The first-order valence-electron chi connectivity index (χ1n) is 4.97. The van der Waals surface area contributed by atoms with Gasteiger partial charge in [-0.05, 0) is 12.5 Å². The zero-order chi connectivity index (χ0) is 10.4. The van der Waals surface area contributed by atoms with Gasteiger partial charge in [-0.2, -0.15) is 0 Å². The zero-order valence-electron chi connectivity index (χ0n) is 8.32. The third-order valence-electron chi connectivity index (χ3n) is 2.67. The van der Waals surface area contributed by atoms with E-state index in [4.69, 9.17) is 4.42 Å². The summed E-state index contributed by atoms with van der Waals surface area (Å²) in [5.41, 5.74) is 1.38. The van der Waals surface area contributed by atoms with Gasteiger partial charge in [-0.1, -0.05) is 25.1 Å². The molecule has 1 atom stereocenters. The van der Waals surface area contributed by atoms with Gasteiger partial charge in [0.05, 0.1) is 5.56 Å². The van der Waals surface area contributed by atoms with E-state index in [1.807, 2.05) is 24.3 Å². The highest BCUT2D eigenvalue weighted by Crippen LogP contribution is 2.39. The Kier molecular flexibility index (Phi) is 1.89. The third kappa shape index (κ3) is 1.30. The highest BCUT2D eigenvalue weighted by atomic mass is 32.2. The fraction of sp³-hybridized carbons (Fsp3) is 0.250. The molecule has 1 aliphatic heterocycles. The molecule has 2 nitrogen and oxygen atoms in total. The molecule has 0 aliphatic carbocycles. The Balaban J connectivity index is 2.43. The van der Waals surface area contributed by atoms with Crippen LogP contribution in [0.25, 0.3) is 11.0 Å². The van der Waals surface area contributed by atoms with E-state index < -0.39 is 0 Å². The van der Waals surface area contributed by atoms with Crippen molar-refractivity contribution < 1.29 is 4.42 Å². The largest absolute Gasteiger partial charge is 0.422 e. The van der Waals surface area contributed by atoms with Crippen LogP contribution in [0.2, 0.25) is 0 Å². The first-order chi connectivity index (χ1) is 7.25. The van der Waals surface area contributed by atoms with Crippen LogP contribution in [0.1, 0.15) is 12.5 Å². The fourth-order valence-corrected chi connectivity index (χ4v) is 3.26. The predicted molar refractivity (Wildman–Crippen MR) is 61.5 cm³/mol. The van der Waals surface area contributed by atoms with E-state index in [1.54, 1.807) is 11.8 Å². The van der Waals surface area contributed by atoms with Crippen LogP contribution < -0.4 is 5.63 Å². The Hall–Kier alpha value is -1.22. The van der Waals surface area contributed by atoms with Crippen LogP contribution in [0.4, 0.5) is 0 Å². The van der Waals surface area contributed by atoms with Crippen molar-refractivity contribution in [1.82, 2.24) is 0 Å². The number of hydrogen-bond donors (Lipinski definition) is 0. The average molecular weight is 218 g/mol. The SMILES string of the molecule is CC1Cc2c(c3ccccc3oc2=O)S1. The average Bonchev–Trinajstić information content (AvgIpc) is 2.61. The van der Waals surface area contributed by atoms with Crippen LogP contribution in [-0.2, 0) is 6.42 Å². The lowest BCUT2D eigenvalue weighted by atomic mass is 10.1. The predicted octanol–water partition coefficient (Wildman–Crippen LogP) is 2.83. The normalized spacial score (nSPS) is 19.4. The summed E-state index contributed by atoms with van der Waals surface area (Å²) in [6.45, 7) is 2.14. The second kappa shape index (κ2) is 3.14. The molecule has 2 heterocycles. The smallest absolute Gasteiger partial charge is 0.340 e. The lowest BCUT2D eigenvalue weighted by Gasteiger charge is -2.01. The fourth-order valence-electron chi connectivity index (χ4n) is 2.00. The molecule has 2 aromatic rings. The molecule has 0 saturated carbocycles. The van der Waals surface area contributed by atoms with Gasteiger partial charge in [-0.3, -0.25) is 0 Å². The third-order valence-corrected chi connectivity index (χ3v) is 3.94. The van der Waals surface area contributed by atoms with Crippen LogP contribution in [0, 0.1) is 0 Å². The number of fused-ring (bicyclic) bond motifs is 3. The summed E-state index contributed by atoms with van der Waals surface area (Å²) in [6, 6.07) is 7.73. The van der Waals surface area contributed by atoms with E-state index in [9.17, 15) is 4.79 Å². The molecule has 0 fully saturated rings. The number of rotatable bonds is 0. The van der Waals surface area contributed by atoms with Gasteiger partial charge in [0.15, 0.2) is 0 Å². The Bertz CT molecular complexity index is 586. The van der Waals surface area contributed by atoms with E-state index in [0.29, 0.717) is 10.8 Å². The van der Waals surface area contributed by atoms with E-state index >= 15 is 0 Å². The van der Waals surface area contributed by atoms with Crippen molar-refractivity contribution in [2.75, 3.05) is 0 Å². The number of benzene rings is 1. The van der Waals surface area contributed by atoms with Crippen molar-refractivity contribution in [3.63, 3.8) is 0 Å². The first-order valence-corrected chi connectivity index (χ1v) is 5.85. The first kappa shape index (κ1) is 9.04. The molecule has 0 radical (unpaired) electrons. The summed E-state index contributed by atoms with van der Waals surface area (Å²) in [7, 11) is 0. The molecule has 1 aromatic carbocycles. The molecule has 0 spiro atoms. The van der Waals surface area contributed by atoms with Gasteiger partial charge < -0.3 is 4.42 Å². The van der Waals surface area contributed by atoms with Crippen molar-refractivity contribution in [3.05, 3.63) is 40.2 Å². The van der Waals surface area contributed by atoms with Gasteiger partial charge in [-0.25, -0.2) is 4.79 Å². The van der Waals surface area contributed by atoms with Crippen LogP contribution in [0.3, 0.4) is 0 Å². The second-order valence-corrected chi connectivity index (χ2v) is 5.27. The van der Waals surface area contributed by atoms with Crippen molar-refractivity contribution >= 4 is 22.7 Å². The van der Waals surface area contributed by atoms with Gasteiger partial charge in [0.25, 0.3) is 0 Å². The molecular weight excluding hydrogens is 208 g/mol. The summed E-state index contributed by atoms with van der Waals surface area (Å²) in [6.07, 6.45) is 0.827. The van der Waals surface area contributed by atoms with Crippen molar-refractivity contribution in [3.8, 4) is 0 Å². The van der Waals surface area contributed by atoms with E-state index in [2.05, 4.69) is 6.92 Å². The molecule has 1 aromatic heterocycles. The van der Waals surface area contributed by atoms with Crippen molar-refractivity contribution in [1.29, 1.82) is 0 Å². The molecule has 76 valence electrons. The number of para-hydroxylation sites is 1. The molecule has 1 aliphatic rings. The highest BCUT2D eigenvalue weighted by Gasteiger charge is 2.24. The lowest BCUT2D eigenvalue weighted by Crippen LogP contribution is -2.07. The Labute approximate surface area is 91.3 Å². The Morgan fingerprint density at radius 3 is 3.07 bits per heavy atom.